The number of rotatable bonds is 2. The first-order valence-electron chi connectivity index (χ1n) is 5.40. The summed E-state index contributed by atoms with van der Waals surface area (Å²) in [6.45, 7) is 2.97. The van der Waals surface area contributed by atoms with Gasteiger partial charge in [0, 0.05) is 20.0 Å². The van der Waals surface area contributed by atoms with Gasteiger partial charge in [-0.1, -0.05) is 0 Å². The molecule has 90 valence electrons. The van der Waals surface area contributed by atoms with Gasteiger partial charge < -0.3 is 14.4 Å². The van der Waals surface area contributed by atoms with Crippen molar-refractivity contribution < 1.29 is 19.1 Å². The third-order valence-corrected chi connectivity index (χ3v) is 3.66. The van der Waals surface area contributed by atoms with Gasteiger partial charge in [-0.05, 0) is 12.8 Å². The molecule has 16 heavy (non-hydrogen) atoms. The molecule has 0 unspecified atom stereocenters. The van der Waals surface area contributed by atoms with Crippen molar-refractivity contribution in [1.82, 2.24) is 4.90 Å². The topological polar surface area (TPSA) is 55.8 Å². The average Bonchev–Trinajstić information content (AvgIpc) is 2.84. The molecule has 0 aromatic heterocycles. The third kappa shape index (κ3) is 2.68. The number of thioether (sulfide) groups is 1. The van der Waals surface area contributed by atoms with Crippen LogP contribution in [0.15, 0.2) is 0 Å². The number of likely N-dealkylation sites (tertiary alicyclic amines) is 1. The predicted octanol–water partition coefficient (Wildman–Crippen LogP) is 0.587. The maximum Gasteiger partial charge on any atom is 0.304 e. The van der Waals surface area contributed by atoms with Crippen molar-refractivity contribution in [3.8, 4) is 0 Å². The molecule has 0 N–H and O–H groups in total. The van der Waals surface area contributed by atoms with Crippen LogP contribution in [0.1, 0.15) is 19.8 Å². The van der Waals surface area contributed by atoms with E-state index in [1.165, 1.54) is 18.7 Å². The van der Waals surface area contributed by atoms with E-state index in [-0.39, 0.29) is 11.9 Å². The molecule has 0 aliphatic carbocycles. The highest BCUT2D eigenvalue weighted by Crippen LogP contribution is 2.28. The fourth-order valence-electron chi connectivity index (χ4n) is 1.85. The average molecular weight is 245 g/mol. The Bertz CT molecular complexity index is 291. The van der Waals surface area contributed by atoms with Gasteiger partial charge in [-0.15, -0.1) is 11.8 Å². The zero-order valence-corrected chi connectivity index (χ0v) is 10.00. The zero-order chi connectivity index (χ0) is 11.5. The second kappa shape index (κ2) is 5.05. The van der Waals surface area contributed by atoms with Gasteiger partial charge in [0.1, 0.15) is 0 Å². The molecule has 2 rings (SSSR count). The number of amides is 1. The van der Waals surface area contributed by atoms with Crippen LogP contribution >= 0.6 is 11.8 Å². The van der Waals surface area contributed by atoms with Gasteiger partial charge >= 0.3 is 5.97 Å². The van der Waals surface area contributed by atoms with Crippen LogP contribution in [0.4, 0.5) is 0 Å². The van der Waals surface area contributed by atoms with Crippen LogP contribution in [-0.4, -0.2) is 47.3 Å². The van der Waals surface area contributed by atoms with Gasteiger partial charge in [-0.2, -0.15) is 0 Å². The highest BCUT2D eigenvalue weighted by Gasteiger charge is 2.36. The first kappa shape index (κ1) is 11.7. The van der Waals surface area contributed by atoms with Crippen LogP contribution in [0.5, 0.6) is 0 Å². The second-order valence-electron chi connectivity index (χ2n) is 3.87. The van der Waals surface area contributed by atoms with Crippen molar-refractivity contribution in [3.63, 3.8) is 0 Å². The van der Waals surface area contributed by atoms with Gasteiger partial charge in [0.15, 0.2) is 5.44 Å². The van der Waals surface area contributed by atoms with E-state index in [0.717, 1.165) is 25.9 Å². The van der Waals surface area contributed by atoms with E-state index in [0.29, 0.717) is 5.75 Å². The van der Waals surface area contributed by atoms with Crippen molar-refractivity contribution >= 4 is 23.6 Å². The predicted molar refractivity (Wildman–Crippen MR) is 58.7 cm³/mol. The van der Waals surface area contributed by atoms with Crippen LogP contribution < -0.4 is 0 Å². The van der Waals surface area contributed by atoms with Crippen molar-refractivity contribution in [3.05, 3.63) is 0 Å². The fraction of sp³-hybridized carbons (Fsp3) is 0.800. The molecule has 1 amide bonds. The van der Waals surface area contributed by atoms with Gasteiger partial charge in [0.25, 0.3) is 5.91 Å². The molecule has 0 spiro atoms. The molecular formula is C10H15NO4S. The number of hydrogen-bond donors (Lipinski definition) is 0. The molecule has 0 aromatic carbocycles. The number of nitrogens with zero attached hydrogens (tertiary/aromatic N) is 1. The Labute approximate surface area is 98.4 Å². The van der Waals surface area contributed by atoms with E-state index in [9.17, 15) is 9.59 Å². The summed E-state index contributed by atoms with van der Waals surface area (Å²) in [5.74, 6) is 0.168. The Morgan fingerprint density at radius 2 is 2.06 bits per heavy atom. The lowest BCUT2D eigenvalue weighted by Crippen LogP contribution is -2.36. The molecule has 2 aliphatic rings. The quantitative estimate of drug-likeness (QED) is 0.666. The van der Waals surface area contributed by atoms with Crippen LogP contribution in [0.2, 0.25) is 0 Å². The van der Waals surface area contributed by atoms with Gasteiger partial charge in [0.2, 0.25) is 6.29 Å². The molecule has 0 saturated carbocycles. The largest absolute Gasteiger partial charge is 0.435 e. The fourth-order valence-corrected chi connectivity index (χ4v) is 2.82. The molecule has 0 radical (unpaired) electrons. The SMILES string of the molecule is CC(=O)O[C@H]1CS[C@@H](C(=O)N2CCCC2)O1. The van der Waals surface area contributed by atoms with Crippen LogP contribution in [0.25, 0.3) is 0 Å². The van der Waals surface area contributed by atoms with Gasteiger partial charge in [0.05, 0.1) is 5.75 Å². The Kier molecular flexibility index (Phi) is 3.70. The lowest BCUT2D eigenvalue weighted by molar-refractivity contribution is -0.175. The highest BCUT2D eigenvalue weighted by molar-refractivity contribution is 8.00. The van der Waals surface area contributed by atoms with E-state index < -0.39 is 11.7 Å². The number of carbonyl (C=O) groups is 2. The summed E-state index contributed by atoms with van der Waals surface area (Å²) in [6.07, 6.45) is 1.56. The summed E-state index contributed by atoms with van der Waals surface area (Å²) in [5, 5.41) is 0. The Morgan fingerprint density at radius 1 is 1.38 bits per heavy atom. The van der Waals surface area contributed by atoms with Crippen molar-refractivity contribution in [1.29, 1.82) is 0 Å². The minimum atomic E-state index is -0.570. The van der Waals surface area contributed by atoms with Crippen LogP contribution in [0.3, 0.4) is 0 Å². The standard InChI is InChI=1S/C10H15NO4S/c1-7(12)14-8-6-16-10(15-8)9(13)11-4-2-3-5-11/h8,10H,2-6H2,1H3/t8-,10+/m1/s1. The van der Waals surface area contributed by atoms with E-state index >= 15 is 0 Å². The Balaban J connectivity index is 1.83. The molecule has 0 bridgehead atoms. The summed E-state index contributed by atoms with van der Waals surface area (Å²) in [5.41, 5.74) is -0.498. The summed E-state index contributed by atoms with van der Waals surface area (Å²) in [7, 11) is 0. The first-order chi connectivity index (χ1) is 7.66. The van der Waals surface area contributed by atoms with E-state index in [2.05, 4.69) is 0 Å². The summed E-state index contributed by atoms with van der Waals surface area (Å²) in [6, 6.07) is 0. The molecule has 2 heterocycles. The maximum atomic E-state index is 11.9. The number of carbonyl (C=O) groups excluding carboxylic acids is 2. The number of ether oxygens (including phenoxy) is 2. The van der Waals surface area contributed by atoms with Crippen molar-refractivity contribution in [2.45, 2.75) is 31.5 Å². The summed E-state index contributed by atoms with van der Waals surface area (Å²) in [4.78, 5) is 24.5. The monoisotopic (exact) mass is 245 g/mol. The first-order valence-corrected chi connectivity index (χ1v) is 6.45. The Morgan fingerprint density at radius 3 is 2.69 bits per heavy atom. The van der Waals surface area contributed by atoms with E-state index in [1.54, 1.807) is 0 Å². The lowest BCUT2D eigenvalue weighted by atomic mass is 10.4. The molecular weight excluding hydrogens is 230 g/mol. The zero-order valence-electron chi connectivity index (χ0n) is 9.18. The minimum absolute atomic E-state index is 0.0113. The highest BCUT2D eigenvalue weighted by atomic mass is 32.2. The third-order valence-electron chi connectivity index (χ3n) is 2.58. The normalized spacial score (nSPS) is 29.4. The molecule has 2 aliphatic heterocycles. The number of hydrogen-bond acceptors (Lipinski definition) is 5. The van der Waals surface area contributed by atoms with Crippen molar-refractivity contribution in [2.75, 3.05) is 18.8 Å². The minimum Gasteiger partial charge on any atom is -0.435 e. The molecule has 2 atom stereocenters. The van der Waals surface area contributed by atoms with Gasteiger partial charge in [-0.3, -0.25) is 9.59 Å². The molecule has 2 saturated heterocycles. The van der Waals surface area contributed by atoms with Gasteiger partial charge in [-0.25, -0.2) is 0 Å². The van der Waals surface area contributed by atoms with E-state index in [4.69, 9.17) is 9.47 Å². The molecule has 0 aromatic rings. The lowest BCUT2D eigenvalue weighted by Gasteiger charge is -2.19. The Hall–Kier alpha value is -0.750. The maximum absolute atomic E-state index is 11.9. The van der Waals surface area contributed by atoms with E-state index in [1.807, 2.05) is 4.90 Å². The summed E-state index contributed by atoms with van der Waals surface area (Å²) < 4.78 is 10.3. The number of esters is 1. The molecule has 5 nitrogen and oxygen atoms in total. The molecule has 2 fully saturated rings. The van der Waals surface area contributed by atoms with Crippen molar-refractivity contribution in [2.24, 2.45) is 0 Å². The second-order valence-corrected chi connectivity index (χ2v) is 4.97. The molecule has 6 heteroatoms. The van der Waals surface area contributed by atoms with Crippen LogP contribution in [0, 0.1) is 0 Å². The van der Waals surface area contributed by atoms with Crippen LogP contribution in [-0.2, 0) is 19.1 Å². The smallest absolute Gasteiger partial charge is 0.304 e. The summed E-state index contributed by atoms with van der Waals surface area (Å²) >= 11 is 1.40.